The molecule has 0 spiro atoms. The zero-order chi connectivity index (χ0) is 37.0. The van der Waals surface area contributed by atoms with Gasteiger partial charge in [-0.05, 0) is 82.6 Å². The molecule has 0 bridgehead atoms. The van der Waals surface area contributed by atoms with E-state index < -0.39 is 0 Å². The molecule has 1 aliphatic carbocycles. The van der Waals surface area contributed by atoms with Crippen LogP contribution in [0, 0.1) is 0 Å². The summed E-state index contributed by atoms with van der Waals surface area (Å²) in [6.45, 7) is 0. The molecule has 1 aliphatic heterocycles. The zero-order valence-corrected chi connectivity index (χ0v) is 31.6. The second-order valence-electron chi connectivity index (χ2n) is 15.0. The van der Waals surface area contributed by atoms with Crippen LogP contribution in [-0.2, 0) is 0 Å². The quantitative estimate of drug-likeness (QED) is 0.163. The summed E-state index contributed by atoms with van der Waals surface area (Å²) >= 11 is 1.87. The highest BCUT2D eigenvalue weighted by atomic mass is 32.1. The van der Waals surface area contributed by atoms with Crippen molar-refractivity contribution in [3.63, 3.8) is 0 Å². The molecular formula is C52H38N3S-. The molecule has 268 valence electrons. The molecule has 0 N–H and O–H groups in total. The predicted molar refractivity (Wildman–Crippen MR) is 238 cm³/mol. The smallest absolute Gasteiger partial charge is 0.0640 e. The lowest BCUT2D eigenvalue weighted by atomic mass is 9.89. The van der Waals surface area contributed by atoms with Gasteiger partial charge in [-0.2, -0.15) is 0 Å². The van der Waals surface area contributed by atoms with Gasteiger partial charge >= 0.3 is 0 Å². The number of nitrogens with zero attached hydrogens (tertiary/aromatic N) is 3. The van der Waals surface area contributed by atoms with Crippen LogP contribution >= 0.6 is 11.3 Å². The van der Waals surface area contributed by atoms with Crippen molar-refractivity contribution in [2.24, 2.45) is 4.99 Å². The van der Waals surface area contributed by atoms with Crippen LogP contribution < -0.4 is 0 Å². The van der Waals surface area contributed by atoms with E-state index in [-0.39, 0.29) is 12.1 Å². The first-order valence-electron chi connectivity index (χ1n) is 19.6. The fraction of sp³-hybridized carbons (Fsp3) is 0.0962. The lowest BCUT2D eigenvalue weighted by Gasteiger charge is -2.39. The van der Waals surface area contributed by atoms with Crippen LogP contribution in [-0.4, -0.2) is 10.4 Å². The molecular weight excluding hydrogens is 699 g/mol. The molecule has 7 aromatic carbocycles. The number of benzene rings is 7. The summed E-state index contributed by atoms with van der Waals surface area (Å²) in [5, 5.41) is 10.5. The van der Waals surface area contributed by atoms with Crippen LogP contribution in [0.1, 0.15) is 53.1 Å². The maximum atomic E-state index is 5.45. The normalized spacial score (nSPS) is 18.1. The van der Waals surface area contributed by atoms with Crippen LogP contribution in [0.25, 0.3) is 64.1 Å². The molecule has 2 aromatic heterocycles. The molecule has 3 heterocycles. The number of fused-ring (bicyclic) bond motifs is 6. The van der Waals surface area contributed by atoms with Crippen LogP contribution in [0.5, 0.6) is 0 Å². The zero-order valence-electron chi connectivity index (χ0n) is 30.8. The van der Waals surface area contributed by atoms with E-state index in [2.05, 4.69) is 193 Å². The number of para-hydroxylation sites is 1. The first-order valence-corrected chi connectivity index (χ1v) is 20.4. The summed E-state index contributed by atoms with van der Waals surface area (Å²) in [5.41, 5.74) is 10.9. The lowest BCUT2D eigenvalue weighted by molar-refractivity contribution is 0.583. The van der Waals surface area contributed by atoms with Crippen molar-refractivity contribution in [3.8, 4) is 16.8 Å². The summed E-state index contributed by atoms with van der Waals surface area (Å²) < 4.78 is 5.06. The van der Waals surface area contributed by atoms with E-state index in [9.17, 15) is 0 Å². The highest BCUT2D eigenvalue weighted by Gasteiger charge is 2.21. The van der Waals surface area contributed by atoms with Gasteiger partial charge in [-0.15, -0.1) is 11.3 Å². The van der Waals surface area contributed by atoms with E-state index in [0.717, 1.165) is 29.8 Å². The third kappa shape index (κ3) is 5.68. The topological polar surface area (TPSA) is 31.4 Å². The molecule has 0 saturated carbocycles. The Morgan fingerprint density at radius 1 is 0.554 bits per heavy atom. The maximum Gasteiger partial charge on any atom is 0.0640 e. The van der Waals surface area contributed by atoms with E-state index in [4.69, 9.17) is 10.3 Å². The first-order chi connectivity index (χ1) is 27.7. The van der Waals surface area contributed by atoms with Crippen LogP contribution in [0.3, 0.4) is 0 Å². The monoisotopic (exact) mass is 736 g/mol. The van der Waals surface area contributed by atoms with Gasteiger partial charge in [0.05, 0.1) is 21.4 Å². The average Bonchev–Trinajstić information content (AvgIpc) is 3.83. The number of rotatable bonds is 6. The van der Waals surface area contributed by atoms with Gasteiger partial charge in [-0.3, -0.25) is 0 Å². The van der Waals surface area contributed by atoms with E-state index in [0.29, 0.717) is 5.92 Å². The first kappa shape index (κ1) is 32.9. The van der Waals surface area contributed by atoms with E-state index in [1.807, 2.05) is 11.3 Å². The van der Waals surface area contributed by atoms with E-state index in [1.54, 1.807) is 0 Å². The van der Waals surface area contributed by atoms with E-state index >= 15 is 0 Å². The van der Waals surface area contributed by atoms with Gasteiger partial charge in [0.25, 0.3) is 0 Å². The van der Waals surface area contributed by atoms with Gasteiger partial charge in [0.1, 0.15) is 0 Å². The minimum atomic E-state index is -0.0268. The Hall–Kier alpha value is -6.49. The van der Waals surface area contributed by atoms with Crippen molar-refractivity contribution >= 4 is 59.2 Å². The molecule has 3 atom stereocenters. The largest absolute Gasteiger partial charge is 0.457 e. The maximum absolute atomic E-state index is 5.45. The summed E-state index contributed by atoms with van der Waals surface area (Å²) in [4.78, 5) is 5.45. The number of hydrogen-bond donors (Lipinski definition) is 0. The van der Waals surface area contributed by atoms with Crippen LogP contribution in [0.4, 0.5) is 0 Å². The fourth-order valence-electron chi connectivity index (χ4n) is 8.84. The average molecular weight is 737 g/mol. The second-order valence-corrected chi connectivity index (χ2v) is 16.1. The Bertz CT molecular complexity index is 3020. The Morgan fingerprint density at radius 3 is 2.18 bits per heavy atom. The minimum absolute atomic E-state index is 0.00323. The van der Waals surface area contributed by atoms with Crippen LogP contribution in [0.2, 0.25) is 0 Å². The Labute approximate surface area is 330 Å². The van der Waals surface area contributed by atoms with Gasteiger partial charge in [-0.25, -0.2) is 0 Å². The third-order valence-electron chi connectivity index (χ3n) is 11.7. The van der Waals surface area contributed by atoms with Gasteiger partial charge in [-0.1, -0.05) is 170 Å². The second kappa shape index (κ2) is 13.7. The number of aliphatic imine (C=N–C) groups is 1. The molecule has 11 rings (SSSR count). The summed E-state index contributed by atoms with van der Waals surface area (Å²) in [6.07, 6.45) is 10.7. The predicted octanol–water partition coefficient (Wildman–Crippen LogP) is 14.4. The lowest BCUT2D eigenvalue weighted by Crippen LogP contribution is -2.17. The number of allylic oxidation sites excluding steroid dienone is 4. The van der Waals surface area contributed by atoms with Gasteiger partial charge in [0.15, 0.2) is 0 Å². The molecule has 2 aliphatic rings. The number of aromatic nitrogens is 1. The van der Waals surface area contributed by atoms with Gasteiger partial charge in [0, 0.05) is 32.2 Å². The van der Waals surface area contributed by atoms with Crippen molar-refractivity contribution in [1.29, 1.82) is 0 Å². The fourth-order valence-corrected chi connectivity index (χ4v) is 10.0. The number of amidine groups is 1. The van der Waals surface area contributed by atoms with Crippen molar-refractivity contribution in [2.45, 2.75) is 30.8 Å². The van der Waals surface area contributed by atoms with Gasteiger partial charge in [0.2, 0.25) is 0 Å². The van der Waals surface area contributed by atoms with E-state index in [1.165, 1.54) is 70.0 Å². The molecule has 3 nitrogen and oxygen atoms in total. The highest BCUT2D eigenvalue weighted by Crippen LogP contribution is 2.44. The Morgan fingerprint density at radius 2 is 1.30 bits per heavy atom. The summed E-state index contributed by atoms with van der Waals surface area (Å²) in [7, 11) is 0. The van der Waals surface area contributed by atoms with Crippen LogP contribution in [0.15, 0.2) is 193 Å². The third-order valence-corrected chi connectivity index (χ3v) is 12.9. The SMILES string of the molecule is C1=CCC(c2cccc(-c3ccc(C4CC(c5ccccc5)[N-]C(c5ccc6c7ccccc7n(-c7cccc8c7sc7ccccc78)c6c5)=N4)cc3)c2)C=C1. The number of hydrogen-bond acceptors (Lipinski definition) is 2. The molecule has 4 heteroatoms. The Kier molecular flexibility index (Phi) is 8.03. The van der Waals surface area contributed by atoms with Crippen molar-refractivity contribution in [1.82, 2.24) is 4.57 Å². The molecule has 0 saturated heterocycles. The molecule has 0 radical (unpaired) electrons. The minimum Gasteiger partial charge on any atom is -0.457 e. The number of thiophene rings is 1. The Balaban J connectivity index is 1.01. The van der Waals surface area contributed by atoms with Crippen molar-refractivity contribution in [3.05, 3.63) is 216 Å². The summed E-state index contributed by atoms with van der Waals surface area (Å²) in [5.74, 6) is 1.23. The molecule has 9 aromatic rings. The van der Waals surface area contributed by atoms with Crippen molar-refractivity contribution in [2.75, 3.05) is 0 Å². The molecule has 0 amide bonds. The van der Waals surface area contributed by atoms with Gasteiger partial charge < -0.3 is 14.9 Å². The molecule has 3 unspecified atom stereocenters. The molecule has 0 fully saturated rings. The summed E-state index contributed by atoms with van der Waals surface area (Å²) in [6, 6.07) is 59.8. The standard InChI is InChI=1S/C52H38N3S/c1-3-13-34(14-4-1)38-17-11-18-39(31-38)35-25-27-37(28-26-35)46-33-45(36-15-5-2-6-16-36)53-52(54-46)40-29-30-42-41-19-7-9-22-47(41)55(49(42)32-40)48-23-12-21-44-43-20-8-10-24-50(43)56-51(44)48/h1-13,15-32,34,45-46H,14,33H2/q-1. The highest BCUT2D eigenvalue weighted by molar-refractivity contribution is 7.26. The molecule has 56 heavy (non-hydrogen) atoms. The van der Waals surface area contributed by atoms with Crippen molar-refractivity contribution < 1.29 is 0 Å².